The summed E-state index contributed by atoms with van der Waals surface area (Å²) >= 11 is 0. The highest BCUT2D eigenvalue weighted by molar-refractivity contribution is 5.92. The smallest absolute Gasteiger partial charge is 0.414 e. The van der Waals surface area contributed by atoms with E-state index in [0.29, 0.717) is 17.8 Å². The highest BCUT2D eigenvalue weighted by Gasteiger charge is 2.30. The van der Waals surface area contributed by atoms with Crippen molar-refractivity contribution in [2.45, 2.75) is 32.8 Å². The van der Waals surface area contributed by atoms with E-state index in [1.54, 1.807) is 11.0 Å². The monoisotopic (exact) mass is 244 g/mol. The molecule has 0 spiro atoms. The lowest BCUT2D eigenvalue weighted by Gasteiger charge is -2.25. The first kappa shape index (κ1) is 12.4. The van der Waals surface area contributed by atoms with E-state index in [9.17, 15) is 4.79 Å². The number of anilines is 1. The van der Waals surface area contributed by atoms with Crippen LogP contribution in [0.1, 0.15) is 31.9 Å². The molecule has 1 heterocycles. The molecule has 1 aromatic rings. The third kappa shape index (κ3) is 2.30. The number of hydrogen-bond acceptors (Lipinski definition) is 3. The number of fused-ring (bicyclic) bond motifs is 1. The molecular weight excluding hydrogens is 228 g/mol. The molecule has 4 nitrogen and oxygen atoms in total. The summed E-state index contributed by atoms with van der Waals surface area (Å²) in [4.78, 5) is 13.6. The van der Waals surface area contributed by atoms with Crippen LogP contribution in [0.25, 0.3) is 0 Å². The summed E-state index contributed by atoms with van der Waals surface area (Å²) in [5.41, 5.74) is 1.73. The molecule has 1 aliphatic heterocycles. The van der Waals surface area contributed by atoms with Crippen LogP contribution in [0, 0.1) is 11.3 Å². The second kappa shape index (κ2) is 4.34. The Morgan fingerprint density at radius 1 is 1.44 bits per heavy atom. The molecule has 94 valence electrons. The zero-order valence-corrected chi connectivity index (χ0v) is 10.9. The van der Waals surface area contributed by atoms with E-state index in [1.165, 1.54) is 0 Å². The zero-order chi connectivity index (χ0) is 13.3. The maximum atomic E-state index is 12.1. The quantitative estimate of drug-likeness (QED) is 0.705. The van der Waals surface area contributed by atoms with Gasteiger partial charge in [-0.2, -0.15) is 5.26 Å². The van der Waals surface area contributed by atoms with E-state index >= 15 is 0 Å². The van der Waals surface area contributed by atoms with E-state index in [-0.39, 0.29) is 6.09 Å². The molecule has 1 aliphatic rings. The summed E-state index contributed by atoms with van der Waals surface area (Å²) < 4.78 is 5.36. The van der Waals surface area contributed by atoms with Crippen molar-refractivity contribution in [2.24, 2.45) is 0 Å². The van der Waals surface area contributed by atoms with E-state index < -0.39 is 5.60 Å². The molecule has 0 N–H and O–H groups in total. The van der Waals surface area contributed by atoms with Gasteiger partial charge in [0.25, 0.3) is 0 Å². The fourth-order valence-corrected chi connectivity index (χ4v) is 2.05. The number of nitriles is 1. The molecule has 18 heavy (non-hydrogen) atoms. The predicted molar refractivity (Wildman–Crippen MR) is 68.4 cm³/mol. The molecule has 1 amide bonds. The van der Waals surface area contributed by atoms with Gasteiger partial charge < -0.3 is 4.74 Å². The first-order valence-corrected chi connectivity index (χ1v) is 5.95. The number of nitrogens with zero attached hydrogens (tertiary/aromatic N) is 2. The first-order chi connectivity index (χ1) is 8.42. The minimum Gasteiger partial charge on any atom is -0.443 e. The lowest BCUT2D eigenvalue weighted by molar-refractivity contribution is 0.0584. The molecule has 0 bridgehead atoms. The van der Waals surface area contributed by atoms with Crippen LogP contribution in [0.4, 0.5) is 10.5 Å². The van der Waals surface area contributed by atoms with Crippen molar-refractivity contribution in [3.8, 4) is 6.07 Å². The van der Waals surface area contributed by atoms with Crippen molar-refractivity contribution in [1.82, 2.24) is 0 Å². The van der Waals surface area contributed by atoms with Crippen LogP contribution < -0.4 is 4.90 Å². The predicted octanol–water partition coefficient (Wildman–Crippen LogP) is 2.86. The van der Waals surface area contributed by atoms with Gasteiger partial charge in [0, 0.05) is 6.54 Å². The molecule has 1 aromatic carbocycles. The average Bonchev–Trinajstić information content (AvgIpc) is 2.70. The Morgan fingerprint density at radius 3 is 2.78 bits per heavy atom. The summed E-state index contributed by atoms with van der Waals surface area (Å²) in [5, 5.41) is 9.11. The molecule has 0 aromatic heterocycles. The number of rotatable bonds is 0. The fourth-order valence-electron chi connectivity index (χ4n) is 2.05. The maximum absolute atomic E-state index is 12.1. The molecule has 4 heteroatoms. The summed E-state index contributed by atoms with van der Waals surface area (Å²) in [6, 6.07) is 7.64. The molecule has 0 saturated heterocycles. The number of carbonyl (C=O) groups excluding carboxylic acids is 1. The zero-order valence-electron chi connectivity index (χ0n) is 10.9. The standard InChI is InChI=1S/C14H16N2O2/c1-14(2,3)18-13(17)16-8-7-10-5-4-6-11(9-15)12(10)16/h4-6H,7-8H2,1-3H3. The van der Waals surface area contributed by atoms with Crippen LogP contribution in [0.5, 0.6) is 0 Å². The Balaban J connectivity index is 2.32. The van der Waals surface area contributed by atoms with Gasteiger partial charge in [0.1, 0.15) is 11.7 Å². The minimum absolute atomic E-state index is 0.385. The lowest BCUT2D eigenvalue weighted by atomic mass is 10.1. The van der Waals surface area contributed by atoms with Gasteiger partial charge in [-0.3, -0.25) is 4.90 Å². The third-order valence-electron chi connectivity index (χ3n) is 2.73. The van der Waals surface area contributed by atoms with Crippen LogP contribution in [0.2, 0.25) is 0 Å². The number of hydrogen-bond donors (Lipinski definition) is 0. The van der Waals surface area contributed by atoms with Crippen LogP contribution in [-0.4, -0.2) is 18.2 Å². The van der Waals surface area contributed by atoms with Crippen molar-refractivity contribution in [3.63, 3.8) is 0 Å². The molecule has 0 unspecified atom stereocenters. The van der Waals surface area contributed by atoms with Crippen molar-refractivity contribution in [2.75, 3.05) is 11.4 Å². The number of ether oxygens (including phenoxy) is 1. The first-order valence-electron chi connectivity index (χ1n) is 5.95. The second-order valence-corrected chi connectivity index (χ2v) is 5.31. The Morgan fingerprint density at radius 2 is 2.17 bits per heavy atom. The summed E-state index contributed by atoms with van der Waals surface area (Å²) in [6.45, 7) is 6.07. The number of carbonyl (C=O) groups is 1. The van der Waals surface area contributed by atoms with Gasteiger partial charge in [-0.1, -0.05) is 12.1 Å². The van der Waals surface area contributed by atoms with Crippen molar-refractivity contribution in [3.05, 3.63) is 29.3 Å². The molecule has 0 atom stereocenters. The minimum atomic E-state index is -0.526. The van der Waals surface area contributed by atoms with Gasteiger partial charge in [-0.25, -0.2) is 4.79 Å². The third-order valence-corrected chi connectivity index (χ3v) is 2.73. The van der Waals surface area contributed by atoms with Crippen LogP contribution >= 0.6 is 0 Å². The van der Waals surface area contributed by atoms with Crippen molar-refractivity contribution in [1.29, 1.82) is 5.26 Å². The Bertz CT molecular complexity index is 524. The summed E-state index contributed by atoms with van der Waals surface area (Å²) in [7, 11) is 0. The number of benzene rings is 1. The molecule has 0 saturated carbocycles. The number of para-hydroxylation sites is 1. The average molecular weight is 244 g/mol. The topological polar surface area (TPSA) is 53.3 Å². The number of amides is 1. The van der Waals surface area contributed by atoms with E-state index in [0.717, 1.165) is 12.0 Å². The molecule has 0 radical (unpaired) electrons. The van der Waals surface area contributed by atoms with E-state index in [1.807, 2.05) is 32.9 Å². The molecule has 2 rings (SSSR count). The normalized spacial score (nSPS) is 14.0. The summed E-state index contributed by atoms with van der Waals surface area (Å²) in [5.74, 6) is 0. The summed E-state index contributed by atoms with van der Waals surface area (Å²) in [6.07, 6.45) is 0.383. The van der Waals surface area contributed by atoms with Gasteiger partial charge in [0.05, 0.1) is 11.3 Å². The van der Waals surface area contributed by atoms with Gasteiger partial charge >= 0.3 is 6.09 Å². The molecule has 0 aliphatic carbocycles. The van der Waals surface area contributed by atoms with Crippen LogP contribution in [0.3, 0.4) is 0 Å². The second-order valence-electron chi connectivity index (χ2n) is 5.31. The fraction of sp³-hybridized carbons (Fsp3) is 0.429. The van der Waals surface area contributed by atoms with Gasteiger partial charge in [-0.15, -0.1) is 0 Å². The Kier molecular flexibility index (Phi) is 3.00. The van der Waals surface area contributed by atoms with E-state index in [4.69, 9.17) is 10.00 Å². The molecule has 0 fully saturated rings. The van der Waals surface area contributed by atoms with Gasteiger partial charge in [0.15, 0.2) is 0 Å². The van der Waals surface area contributed by atoms with Crippen LogP contribution in [0.15, 0.2) is 18.2 Å². The van der Waals surface area contributed by atoms with Gasteiger partial charge in [-0.05, 0) is 38.8 Å². The van der Waals surface area contributed by atoms with Crippen molar-refractivity contribution >= 4 is 11.8 Å². The van der Waals surface area contributed by atoms with Crippen molar-refractivity contribution < 1.29 is 9.53 Å². The highest BCUT2D eigenvalue weighted by Crippen LogP contribution is 2.32. The van der Waals surface area contributed by atoms with Crippen LogP contribution in [-0.2, 0) is 11.2 Å². The maximum Gasteiger partial charge on any atom is 0.414 e. The lowest BCUT2D eigenvalue weighted by Crippen LogP contribution is -2.36. The Labute approximate surface area is 107 Å². The van der Waals surface area contributed by atoms with E-state index in [2.05, 4.69) is 6.07 Å². The highest BCUT2D eigenvalue weighted by atomic mass is 16.6. The molecular formula is C14H16N2O2. The largest absolute Gasteiger partial charge is 0.443 e. The van der Waals surface area contributed by atoms with Gasteiger partial charge in [0.2, 0.25) is 0 Å². The SMILES string of the molecule is CC(C)(C)OC(=O)N1CCc2cccc(C#N)c21. The Hall–Kier alpha value is -2.02.